The highest BCUT2D eigenvalue weighted by Gasteiger charge is 2.28. The van der Waals surface area contributed by atoms with Gasteiger partial charge in [-0.05, 0) is 42.5 Å². The quantitative estimate of drug-likeness (QED) is 0.939. The molecule has 0 aliphatic heterocycles. The highest BCUT2D eigenvalue weighted by atomic mass is 19.2. The van der Waals surface area contributed by atoms with E-state index >= 15 is 0 Å². The minimum Gasteiger partial charge on any atom is -0.392 e. The Bertz CT molecular complexity index is 644. The highest BCUT2D eigenvalue weighted by molar-refractivity contribution is 5.28. The van der Waals surface area contributed by atoms with Crippen molar-refractivity contribution in [2.75, 3.05) is 0 Å². The lowest BCUT2D eigenvalue weighted by molar-refractivity contribution is 0.131. The number of benzene rings is 1. The standard InChI is InChI=1S/C17H17F2NO/c18-14-8-2-5-12(16(14)19)10-15(21)13-7-1-4-11-6-3-9-20-17(11)13/h2-3,5-6,8-9,13,15,21H,1,4,7,10H2. The number of rotatable bonds is 3. The van der Waals surface area contributed by atoms with E-state index in [0.717, 1.165) is 36.6 Å². The lowest BCUT2D eigenvalue weighted by Gasteiger charge is -2.28. The van der Waals surface area contributed by atoms with E-state index in [1.54, 1.807) is 6.20 Å². The maximum Gasteiger partial charge on any atom is 0.162 e. The molecule has 1 aliphatic rings. The molecule has 0 bridgehead atoms. The van der Waals surface area contributed by atoms with Crippen molar-refractivity contribution in [3.63, 3.8) is 0 Å². The predicted octanol–water partition coefficient (Wildman–Crippen LogP) is 3.38. The van der Waals surface area contributed by atoms with Crippen LogP contribution in [0, 0.1) is 11.6 Å². The molecule has 2 atom stereocenters. The van der Waals surface area contributed by atoms with Crippen molar-refractivity contribution < 1.29 is 13.9 Å². The zero-order valence-electron chi connectivity index (χ0n) is 11.6. The van der Waals surface area contributed by atoms with Gasteiger partial charge in [-0.25, -0.2) is 8.78 Å². The number of aromatic nitrogens is 1. The molecule has 0 amide bonds. The monoisotopic (exact) mass is 289 g/mol. The third-order valence-electron chi connectivity index (χ3n) is 4.16. The van der Waals surface area contributed by atoms with E-state index in [2.05, 4.69) is 4.98 Å². The van der Waals surface area contributed by atoms with Crippen molar-refractivity contribution in [3.8, 4) is 0 Å². The van der Waals surface area contributed by atoms with E-state index in [1.165, 1.54) is 12.1 Å². The fourth-order valence-corrected chi connectivity index (χ4v) is 3.09. The van der Waals surface area contributed by atoms with E-state index < -0.39 is 17.7 Å². The van der Waals surface area contributed by atoms with Crippen LogP contribution in [-0.2, 0) is 12.8 Å². The normalized spacial score (nSPS) is 19.1. The van der Waals surface area contributed by atoms with Crippen LogP contribution >= 0.6 is 0 Å². The molecular formula is C17H17F2NO. The molecule has 2 unspecified atom stereocenters. The Morgan fingerprint density at radius 2 is 2.10 bits per heavy atom. The van der Waals surface area contributed by atoms with Crippen LogP contribution in [0.15, 0.2) is 36.5 Å². The van der Waals surface area contributed by atoms with Gasteiger partial charge in [-0.1, -0.05) is 18.2 Å². The molecule has 0 spiro atoms. The maximum atomic E-state index is 13.7. The average molecular weight is 289 g/mol. The Hall–Kier alpha value is -1.81. The third-order valence-corrected chi connectivity index (χ3v) is 4.16. The summed E-state index contributed by atoms with van der Waals surface area (Å²) in [4.78, 5) is 4.38. The van der Waals surface area contributed by atoms with E-state index in [1.807, 2.05) is 12.1 Å². The number of pyridine rings is 1. The Labute approximate surface area is 122 Å². The molecular weight excluding hydrogens is 272 g/mol. The van der Waals surface area contributed by atoms with Crippen LogP contribution < -0.4 is 0 Å². The molecule has 1 aromatic carbocycles. The van der Waals surface area contributed by atoms with E-state index in [-0.39, 0.29) is 17.9 Å². The molecule has 1 aliphatic carbocycles. The summed E-state index contributed by atoms with van der Waals surface area (Å²) in [7, 11) is 0. The van der Waals surface area contributed by atoms with Crippen LogP contribution in [0.25, 0.3) is 0 Å². The molecule has 2 aromatic rings. The van der Waals surface area contributed by atoms with Crippen molar-refractivity contribution in [2.45, 2.75) is 37.7 Å². The molecule has 4 heteroatoms. The minimum absolute atomic E-state index is 0.101. The molecule has 2 nitrogen and oxygen atoms in total. The van der Waals surface area contributed by atoms with Gasteiger partial charge in [0.05, 0.1) is 6.10 Å². The fourth-order valence-electron chi connectivity index (χ4n) is 3.09. The summed E-state index contributed by atoms with van der Waals surface area (Å²) in [5, 5.41) is 10.5. The van der Waals surface area contributed by atoms with Crippen LogP contribution in [0.3, 0.4) is 0 Å². The third kappa shape index (κ3) is 2.81. The van der Waals surface area contributed by atoms with Crippen molar-refractivity contribution in [1.29, 1.82) is 0 Å². The maximum absolute atomic E-state index is 13.7. The van der Waals surface area contributed by atoms with Gasteiger partial charge in [0, 0.05) is 24.2 Å². The predicted molar refractivity (Wildman–Crippen MR) is 76.0 cm³/mol. The van der Waals surface area contributed by atoms with Gasteiger partial charge >= 0.3 is 0 Å². The zero-order chi connectivity index (χ0) is 14.8. The van der Waals surface area contributed by atoms with Crippen LogP contribution in [0.1, 0.15) is 35.6 Å². The van der Waals surface area contributed by atoms with Gasteiger partial charge in [-0.15, -0.1) is 0 Å². The highest BCUT2D eigenvalue weighted by Crippen LogP contribution is 2.33. The summed E-state index contributed by atoms with van der Waals surface area (Å²) in [5.41, 5.74) is 2.26. The van der Waals surface area contributed by atoms with Crippen molar-refractivity contribution in [2.24, 2.45) is 0 Å². The largest absolute Gasteiger partial charge is 0.392 e. The fraction of sp³-hybridized carbons (Fsp3) is 0.353. The smallest absolute Gasteiger partial charge is 0.162 e. The lowest BCUT2D eigenvalue weighted by Crippen LogP contribution is -2.26. The second kappa shape index (κ2) is 5.90. The zero-order valence-corrected chi connectivity index (χ0v) is 11.6. The molecule has 1 heterocycles. The first-order valence-electron chi connectivity index (χ1n) is 7.21. The van der Waals surface area contributed by atoms with E-state index in [4.69, 9.17) is 0 Å². The number of aliphatic hydroxyl groups is 1. The van der Waals surface area contributed by atoms with Crippen LogP contribution in [0.4, 0.5) is 8.78 Å². The molecule has 0 fully saturated rings. The van der Waals surface area contributed by atoms with E-state index in [0.29, 0.717) is 0 Å². The van der Waals surface area contributed by atoms with Gasteiger partial charge in [-0.3, -0.25) is 4.98 Å². The second-order valence-corrected chi connectivity index (χ2v) is 5.53. The molecule has 0 radical (unpaired) electrons. The lowest BCUT2D eigenvalue weighted by atomic mass is 9.81. The van der Waals surface area contributed by atoms with Crippen molar-refractivity contribution >= 4 is 0 Å². The van der Waals surface area contributed by atoms with Gasteiger partial charge < -0.3 is 5.11 Å². The molecule has 110 valence electrons. The first kappa shape index (κ1) is 14.1. The summed E-state index contributed by atoms with van der Waals surface area (Å²) < 4.78 is 27.0. The number of halogens is 2. The summed E-state index contributed by atoms with van der Waals surface area (Å²) in [6.07, 6.45) is 3.82. The molecule has 3 rings (SSSR count). The molecule has 1 aromatic heterocycles. The van der Waals surface area contributed by atoms with Gasteiger partial charge in [-0.2, -0.15) is 0 Å². The summed E-state index contributed by atoms with van der Waals surface area (Å²) in [6, 6.07) is 7.98. The summed E-state index contributed by atoms with van der Waals surface area (Å²) >= 11 is 0. The topological polar surface area (TPSA) is 33.1 Å². The SMILES string of the molecule is OC(Cc1cccc(F)c1F)C1CCCc2cccnc21. The van der Waals surface area contributed by atoms with Gasteiger partial charge in [0.1, 0.15) is 0 Å². The number of aliphatic hydroxyl groups excluding tert-OH is 1. The van der Waals surface area contributed by atoms with Crippen molar-refractivity contribution in [3.05, 3.63) is 65.0 Å². The Morgan fingerprint density at radius 3 is 2.95 bits per heavy atom. The molecule has 0 saturated carbocycles. The molecule has 21 heavy (non-hydrogen) atoms. The average Bonchev–Trinajstić information content (AvgIpc) is 2.51. The number of aryl methyl sites for hydroxylation is 1. The number of hydrogen-bond acceptors (Lipinski definition) is 2. The van der Waals surface area contributed by atoms with Gasteiger partial charge in [0.25, 0.3) is 0 Å². The van der Waals surface area contributed by atoms with Gasteiger partial charge in [0.2, 0.25) is 0 Å². The van der Waals surface area contributed by atoms with Gasteiger partial charge in [0.15, 0.2) is 11.6 Å². The number of fused-ring (bicyclic) bond motifs is 1. The Kier molecular flexibility index (Phi) is 3.97. The second-order valence-electron chi connectivity index (χ2n) is 5.53. The van der Waals surface area contributed by atoms with Crippen molar-refractivity contribution in [1.82, 2.24) is 4.98 Å². The first-order chi connectivity index (χ1) is 10.2. The first-order valence-corrected chi connectivity index (χ1v) is 7.21. The molecule has 0 saturated heterocycles. The summed E-state index contributed by atoms with van der Waals surface area (Å²) in [6.45, 7) is 0. The van der Waals surface area contributed by atoms with Crippen LogP contribution in [0.5, 0.6) is 0 Å². The van der Waals surface area contributed by atoms with Crippen LogP contribution in [0.2, 0.25) is 0 Å². The number of nitrogens with zero attached hydrogens (tertiary/aromatic N) is 1. The van der Waals surface area contributed by atoms with E-state index in [9.17, 15) is 13.9 Å². The Balaban J connectivity index is 1.83. The number of hydrogen-bond donors (Lipinski definition) is 1. The molecule has 1 N–H and O–H groups in total. The summed E-state index contributed by atoms with van der Waals surface area (Å²) in [5.74, 6) is -1.85. The Morgan fingerprint density at radius 1 is 1.24 bits per heavy atom. The van der Waals surface area contributed by atoms with Crippen LogP contribution in [-0.4, -0.2) is 16.2 Å². The minimum atomic E-state index is -0.873.